The van der Waals surface area contributed by atoms with Crippen LogP contribution in [0.2, 0.25) is 0 Å². The van der Waals surface area contributed by atoms with Crippen molar-refractivity contribution in [3.05, 3.63) is 83.1 Å². The summed E-state index contributed by atoms with van der Waals surface area (Å²) in [4.78, 5) is 2.38. The second-order valence-corrected chi connectivity index (χ2v) is 8.86. The average molecular weight is 430 g/mol. The van der Waals surface area contributed by atoms with Gasteiger partial charge in [0, 0.05) is 29.4 Å². The molecule has 0 bridgehead atoms. The molecule has 4 heteroatoms. The van der Waals surface area contributed by atoms with Crippen LogP contribution in [0, 0.1) is 0 Å². The van der Waals surface area contributed by atoms with Crippen LogP contribution in [0.1, 0.15) is 31.2 Å². The summed E-state index contributed by atoms with van der Waals surface area (Å²) in [5, 5.41) is 6.84. The van der Waals surface area contributed by atoms with Crippen molar-refractivity contribution in [2.45, 2.75) is 38.3 Å². The molecular weight excluding hydrogens is 402 g/mol. The zero-order valence-corrected chi connectivity index (χ0v) is 18.6. The van der Waals surface area contributed by atoms with Gasteiger partial charge in [-0.05, 0) is 71.7 Å². The summed E-state index contributed by atoms with van der Waals surface area (Å²) in [6.45, 7) is 0.798. The van der Waals surface area contributed by atoms with Crippen LogP contribution < -0.4 is 14.4 Å². The minimum atomic E-state index is 0.284. The first-order chi connectivity index (χ1) is 15.3. The molecule has 3 aromatic carbocycles. The Bertz CT molecular complexity index is 1140. The highest BCUT2D eigenvalue weighted by atomic mass is 32.1. The minimum Gasteiger partial charge on any atom is -0.493 e. The molecule has 4 aromatic rings. The summed E-state index contributed by atoms with van der Waals surface area (Å²) >= 11 is 1.73. The standard InChI is InChI=1S/C27H27NO2S/c1-29-26-14-13-22(17-27(26)30-23-9-3-4-10-23)28(18-20-15-16-31-19-20)25-12-6-8-21-7-2-5-11-24(21)25/h2,5-8,11-17,19,23H,3-4,9-10,18H2,1H3. The van der Waals surface area contributed by atoms with Gasteiger partial charge in [-0.15, -0.1) is 0 Å². The third kappa shape index (κ3) is 4.26. The number of hydrogen-bond acceptors (Lipinski definition) is 4. The van der Waals surface area contributed by atoms with E-state index in [9.17, 15) is 0 Å². The monoisotopic (exact) mass is 429 g/mol. The fourth-order valence-corrected chi connectivity index (χ4v) is 5.10. The minimum absolute atomic E-state index is 0.284. The maximum Gasteiger partial charge on any atom is 0.163 e. The highest BCUT2D eigenvalue weighted by Crippen LogP contribution is 2.39. The van der Waals surface area contributed by atoms with Gasteiger partial charge in [0.25, 0.3) is 0 Å². The molecule has 1 aliphatic carbocycles. The number of fused-ring (bicyclic) bond motifs is 1. The molecule has 5 rings (SSSR count). The first-order valence-corrected chi connectivity index (χ1v) is 11.9. The van der Waals surface area contributed by atoms with E-state index in [1.54, 1.807) is 18.4 Å². The van der Waals surface area contributed by atoms with Crippen molar-refractivity contribution >= 4 is 33.5 Å². The maximum absolute atomic E-state index is 6.40. The highest BCUT2D eigenvalue weighted by Gasteiger charge is 2.21. The van der Waals surface area contributed by atoms with Gasteiger partial charge in [0.05, 0.1) is 13.2 Å². The molecule has 31 heavy (non-hydrogen) atoms. The largest absolute Gasteiger partial charge is 0.493 e. The summed E-state index contributed by atoms with van der Waals surface area (Å²) in [7, 11) is 1.71. The van der Waals surface area contributed by atoms with Gasteiger partial charge in [-0.3, -0.25) is 0 Å². The van der Waals surface area contributed by atoms with Gasteiger partial charge in [-0.2, -0.15) is 11.3 Å². The van der Waals surface area contributed by atoms with Gasteiger partial charge in [-0.25, -0.2) is 0 Å². The van der Waals surface area contributed by atoms with E-state index in [1.807, 2.05) is 6.07 Å². The van der Waals surface area contributed by atoms with Crippen molar-refractivity contribution in [3.8, 4) is 11.5 Å². The van der Waals surface area contributed by atoms with Gasteiger partial charge in [0.1, 0.15) is 0 Å². The van der Waals surface area contributed by atoms with Crippen LogP contribution in [-0.2, 0) is 6.54 Å². The summed E-state index contributed by atoms with van der Waals surface area (Å²) in [6, 6.07) is 23.6. The molecule has 1 heterocycles. The van der Waals surface area contributed by atoms with Crippen molar-refractivity contribution in [1.29, 1.82) is 0 Å². The van der Waals surface area contributed by atoms with Crippen molar-refractivity contribution in [2.24, 2.45) is 0 Å². The number of anilines is 2. The van der Waals surface area contributed by atoms with E-state index in [-0.39, 0.29) is 6.10 Å². The quantitative estimate of drug-likeness (QED) is 0.302. The second-order valence-electron chi connectivity index (χ2n) is 8.08. The molecule has 0 N–H and O–H groups in total. The molecule has 0 aliphatic heterocycles. The van der Waals surface area contributed by atoms with Gasteiger partial charge >= 0.3 is 0 Å². The Kier molecular flexibility index (Phi) is 5.81. The number of thiophene rings is 1. The summed E-state index contributed by atoms with van der Waals surface area (Å²) < 4.78 is 12.0. The van der Waals surface area contributed by atoms with Gasteiger partial charge < -0.3 is 14.4 Å². The van der Waals surface area contributed by atoms with Gasteiger partial charge in [0.15, 0.2) is 11.5 Å². The Labute approximate surface area is 187 Å². The Morgan fingerprint density at radius 3 is 2.58 bits per heavy atom. The van der Waals surface area contributed by atoms with Crippen LogP contribution in [0.5, 0.6) is 11.5 Å². The van der Waals surface area contributed by atoms with Gasteiger partial charge in [0.2, 0.25) is 0 Å². The lowest BCUT2D eigenvalue weighted by atomic mass is 10.1. The van der Waals surface area contributed by atoms with Crippen LogP contribution >= 0.6 is 11.3 Å². The number of methoxy groups -OCH3 is 1. The Balaban J connectivity index is 1.59. The molecule has 1 saturated carbocycles. The lowest BCUT2D eigenvalue weighted by Crippen LogP contribution is -2.17. The van der Waals surface area contributed by atoms with Gasteiger partial charge in [-0.1, -0.05) is 36.4 Å². The molecule has 3 nitrogen and oxygen atoms in total. The van der Waals surface area contributed by atoms with Crippen LogP contribution in [0.3, 0.4) is 0 Å². The Morgan fingerprint density at radius 2 is 1.77 bits per heavy atom. The predicted molar refractivity (Wildman–Crippen MR) is 130 cm³/mol. The number of rotatable bonds is 7. The fourth-order valence-electron chi connectivity index (χ4n) is 4.44. The summed E-state index contributed by atoms with van der Waals surface area (Å²) in [6.07, 6.45) is 5.01. The Morgan fingerprint density at radius 1 is 0.935 bits per heavy atom. The molecule has 158 valence electrons. The van der Waals surface area contributed by atoms with Crippen molar-refractivity contribution in [2.75, 3.05) is 12.0 Å². The molecule has 0 spiro atoms. The number of ether oxygens (including phenoxy) is 2. The first kappa shape index (κ1) is 20.0. The average Bonchev–Trinajstić information content (AvgIpc) is 3.52. The maximum atomic E-state index is 6.40. The molecule has 0 unspecified atom stereocenters. The van der Waals surface area contributed by atoms with Crippen LogP contribution in [0.15, 0.2) is 77.5 Å². The fraction of sp³-hybridized carbons (Fsp3) is 0.259. The van der Waals surface area contributed by atoms with Crippen LogP contribution in [0.25, 0.3) is 10.8 Å². The van der Waals surface area contributed by atoms with E-state index in [1.165, 1.54) is 34.9 Å². The first-order valence-electron chi connectivity index (χ1n) is 10.9. The number of nitrogens with zero attached hydrogens (tertiary/aromatic N) is 1. The highest BCUT2D eigenvalue weighted by molar-refractivity contribution is 7.07. The molecule has 1 fully saturated rings. The molecule has 0 radical (unpaired) electrons. The summed E-state index contributed by atoms with van der Waals surface area (Å²) in [5.41, 5.74) is 3.60. The van der Waals surface area contributed by atoms with Crippen LogP contribution in [-0.4, -0.2) is 13.2 Å². The number of benzene rings is 3. The third-order valence-corrected chi connectivity index (χ3v) is 6.76. The van der Waals surface area contributed by atoms with E-state index in [2.05, 4.69) is 76.3 Å². The van der Waals surface area contributed by atoms with Crippen molar-refractivity contribution in [1.82, 2.24) is 0 Å². The Hall–Kier alpha value is -2.98. The third-order valence-electron chi connectivity index (χ3n) is 6.03. The summed E-state index contributed by atoms with van der Waals surface area (Å²) in [5.74, 6) is 1.63. The number of hydrogen-bond donors (Lipinski definition) is 0. The zero-order chi connectivity index (χ0) is 21.0. The topological polar surface area (TPSA) is 21.7 Å². The van der Waals surface area contributed by atoms with Crippen molar-refractivity contribution < 1.29 is 9.47 Å². The predicted octanol–water partition coefficient (Wildman–Crippen LogP) is 7.57. The SMILES string of the molecule is COc1ccc(N(Cc2ccsc2)c2cccc3ccccc23)cc1OC1CCCC1. The molecule has 0 atom stereocenters. The molecule has 0 saturated heterocycles. The smallest absolute Gasteiger partial charge is 0.163 e. The lowest BCUT2D eigenvalue weighted by Gasteiger charge is -2.27. The zero-order valence-electron chi connectivity index (χ0n) is 17.8. The molecule has 1 aromatic heterocycles. The molecular formula is C27H27NO2S. The second kappa shape index (κ2) is 9.03. The molecule has 0 amide bonds. The normalized spacial score (nSPS) is 14.1. The van der Waals surface area contributed by atoms with E-state index in [0.29, 0.717) is 0 Å². The van der Waals surface area contributed by atoms with E-state index in [4.69, 9.17) is 9.47 Å². The van der Waals surface area contributed by atoms with Crippen molar-refractivity contribution in [3.63, 3.8) is 0 Å². The van der Waals surface area contributed by atoms with Crippen LogP contribution in [0.4, 0.5) is 11.4 Å². The van der Waals surface area contributed by atoms with E-state index >= 15 is 0 Å². The molecule has 1 aliphatic rings. The lowest BCUT2D eigenvalue weighted by molar-refractivity contribution is 0.201. The van der Waals surface area contributed by atoms with E-state index in [0.717, 1.165) is 36.6 Å². The van der Waals surface area contributed by atoms with E-state index < -0.39 is 0 Å².